The molecule has 1 aromatic rings. The van der Waals surface area contributed by atoms with E-state index in [0.717, 1.165) is 29.7 Å². The van der Waals surface area contributed by atoms with E-state index < -0.39 is 17.5 Å². The van der Waals surface area contributed by atoms with Crippen LogP contribution in [-0.2, 0) is 16.1 Å². The van der Waals surface area contributed by atoms with E-state index in [1.165, 1.54) is 12.1 Å². The molecule has 0 bridgehead atoms. The number of carbonyl (C=O) groups is 3. The Morgan fingerprint density at radius 3 is 2.72 bits per heavy atom. The molecule has 2 atom stereocenters. The van der Waals surface area contributed by atoms with Gasteiger partial charge >= 0.3 is 6.03 Å². The van der Waals surface area contributed by atoms with Crippen molar-refractivity contribution in [3.05, 3.63) is 35.6 Å². The van der Waals surface area contributed by atoms with Gasteiger partial charge in [0.25, 0.3) is 5.91 Å². The molecule has 1 aliphatic carbocycles. The van der Waals surface area contributed by atoms with Gasteiger partial charge in [-0.2, -0.15) is 0 Å². The summed E-state index contributed by atoms with van der Waals surface area (Å²) in [7, 11) is 0. The first-order valence-corrected chi connectivity index (χ1v) is 8.57. The van der Waals surface area contributed by atoms with Gasteiger partial charge in [0.2, 0.25) is 5.91 Å². The summed E-state index contributed by atoms with van der Waals surface area (Å²) in [4.78, 5) is 38.1. The van der Waals surface area contributed by atoms with Gasteiger partial charge in [-0.3, -0.25) is 14.5 Å². The Labute approximate surface area is 145 Å². The lowest BCUT2D eigenvalue weighted by Crippen LogP contribution is -2.54. The molecule has 1 heterocycles. The zero-order valence-corrected chi connectivity index (χ0v) is 14.2. The number of urea groups is 1. The minimum absolute atomic E-state index is 0.0602. The molecule has 2 aliphatic rings. The van der Waals surface area contributed by atoms with Crippen LogP contribution in [-0.4, -0.2) is 34.8 Å². The molecule has 1 saturated carbocycles. The smallest absolute Gasteiger partial charge is 0.325 e. The summed E-state index contributed by atoms with van der Waals surface area (Å²) in [6.07, 6.45) is 3.44. The lowest BCUT2D eigenvalue weighted by molar-refractivity contribution is -0.137. The number of amides is 4. The number of carbonyl (C=O) groups excluding carboxylic acids is 3. The highest BCUT2D eigenvalue weighted by Crippen LogP contribution is 2.38. The van der Waals surface area contributed by atoms with E-state index >= 15 is 0 Å². The molecule has 1 saturated heterocycles. The summed E-state index contributed by atoms with van der Waals surface area (Å²) < 4.78 is 12.9. The van der Waals surface area contributed by atoms with E-state index in [2.05, 4.69) is 10.6 Å². The number of hydrogen-bond donors (Lipinski definition) is 2. The Hall–Kier alpha value is -2.44. The Kier molecular flexibility index (Phi) is 4.74. The van der Waals surface area contributed by atoms with E-state index in [9.17, 15) is 18.8 Å². The molecule has 2 fully saturated rings. The first-order chi connectivity index (χ1) is 11.9. The van der Waals surface area contributed by atoms with Crippen LogP contribution in [0.25, 0.3) is 0 Å². The molecule has 0 aromatic heterocycles. The Morgan fingerprint density at radius 2 is 2.04 bits per heavy atom. The van der Waals surface area contributed by atoms with Crippen LogP contribution in [0.15, 0.2) is 24.3 Å². The average Bonchev–Trinajstić information content (AvgIpc) is 2.82. The van der Waals surface area contributed by atoms with E-state index in [-0.39, 0.29) is 30.7 Å². The van der Waals surface area contributed by atoms with Gasteiger partial charge in [-0.05, 0) is 36.5 Å². The second-order valence-electron chi connectivity index (χ2n) is 6.84. The normalized spacial score (nSPS) is 26.0. The fourth-order valence-corrected chi connectivity index (χ4v) is 3.64. The molecule has 4 amide bonds. The zero-order valence-electron chi connectivity index (χ0n) is 14.2. The van der Waals surface area contributed by atoms with Crippen LogP contribution in [0.5, 0.6) is 0 Å². The van der Waals surface area contributed by atoms with Gasteiger partial charge in [0.15, 0.2) is 0 Å². The van der Waals surface area contributed by atoms with E-state index in [4.69, 9.17) is 0 Å². The molecule has 1 aromatic carbocycles. The highest BCUT2D eigenvalue weighted by Gasteiger charge is 2.55. The third-order valence-corrected chi connectivity index (χ3v) is 5.21. The van der Waals surface area contributed by atoms with Gasteiger partial charge in [0, 0.05) is 6.54 Å². The van der Waals surface area contributed by atoms with Crippen LogP contribution in [0.1, 0.15) is 38.2 Å². The largest absolute Gasteiger partial charge is 0.350 e. The third kappa shape index (κ3) is 3.36. The quantitative estimate of drug-likeness (QED) is 0.817. The Morgan fingerprint density at radius 1 is 1.32 bits per heavy atom. The molecule has 6 nitrogen and oxygen atoms in total. The van der Waals surface area contributed by atoms with Crippen molar-refractivity contribution in [1.29, 1.82) is 0 Å². The monoisotopic (exact) mass is 347 g/mol. The molecule has 0 unspecified atom stereocenters. The molecular formula is C18H22FN3O3. The Balaban J connectivity index is 1.60. The van der Waals surface area contributed by atoms with Crippen molar-refractivity contribution in [1.82, 2.24) is 15.5 Å². The van der Waals surface area contributed by atoms with Crippen molar-refractivity contribution in [3.63, 3.8) is 0 Å². The summed E-state index contributed by atoms with van der Waals surface area (Å²) in [5.74, 6) is -1.01. The fraction of sp³-hybridized carbons (Fsp3) is 0.500. The van der Waals surface area contributed by atoms with Gasteiger partial charge in [0.1, 0.15) is 17.9 Å². The second-order valence-corrected chi connectivity index (χ2v) is 6.84. The SMILES string of the molecule is C[C@@H]1CCCC[C@@]12NC(=O)N(CC(=O)NCc1ccc(F)cc1)C2=O. The number of nitrogens with one attached hydrogen (secondary N) is 2. The first kappa shape index (κ1) is 17.4. The lowest BCUT2D eigenvalue weighted by atomic mass is 9.73. The number of nitrogens with zero attached hydrogens (tertiary/aromatic N) is 1. The maximum absolute atomic E-state index is 12.9. The molecule has 25 heavy (non-hydrogen) atoms. The van der Waals surface area contributed by atoms with Crippen molar-refractivity contribution >= 4 is 17.8 Å². The summed E-state index contributed by atoms with van der Waals surface area (Å²) in [6.45, 7) is 1.88. The lowest BCUT2D eigenvalue weighted by Gasteiger charge is -2.36. The molecule has 134 valence electrons. The molecule has 2 N–H and O–H groups in total. The predicted molar refractivity (Wildman–Crippen MR) is 88.9 cm³/mol. The number of halogens is 1. The van der Waals surface area contributed by atoms with Gasteiger partial charge in [-0.15, -0.1) is 0 Å². The summed E-state index contributed by atoms with van der Waals surface area (Å²) in [6, 6.07) is 5.26. The fourth-order valence-electron chi connectivity index (χ4n) is 3.64. The van der Waals surface area contributed by atoms with Crippen LogP contribution < -0.4 is 10.6 Å². The number of rotatable bonds is 4. The standard InChI is InChI=1S/C18H22FN3O3/c1-12-4-2-3-9-18(12)16(24)22(17(25)21-18)11-15(23)20-10-13-5-7-14(19)8-6-13/h5-8,12H,2-4,9-11H2,1H3,(H,20,23)(H,21,25)/t12-,18-/m1/s1. The highest BCUT2D eigenvalue weighted by atomic mass is 19.1. The van der Waals surface area contributed by atoms with Crippen molar-refractivity contribution in [2.24, 2.45) is 5.92 Å². The molecule has 7 heteroatoms. The second kappa shape index (κ2) is 6.82. The summed E-state index contributed by atoms with van der Waals surface area (Å²) in [5, 5.41) is 5.47. The van der Waals surface area contributed by atoms with Crippen LogP contribution in [0.4, 0.5) is 9.18 Å². The maximum Gasteiger partial charge on any atom is 0.325 e. The number of hydrogen-bond acceptors (Lipinski definition) is 3. The van der Waals surface area contributed by atoms with Crippen LogP contribution in [0.3, 0.4) is 0 Å². The molecule has 1 spiro atoms. The van der Waals surface area contributed by atoms with Crippen molar-refractivity contribution in [2.75, 3.05) is 6.54 Å². The average molecular weight is 347 g/mol. The third-order valence-electron chi connectivity index (χ3n) is 5.21. The number of benzene rings is 1. The van der Waals surface area contributed by atoms with Crippen LogP contribution >= 0.6 is 0 Å². The van der Waals surface area contributed by atoms with Crippen LogP contribution in [0, 0.1) is 11.7 Å². The van der Waals surface area contributed by atoms with E-state index in [1.54, 1.807) is 12.1 Å². The van der Waals surface area contributed by atoms with E-state index in [1.807, 2.05) is 6.92 Å². The van der Waals surface area contributed by atoms with Gasteiger partial charge in [0.05, 0.1) is 0 Å². The minimum atomic E-state index is -0.855. The van der Waals surface area contributed by atoms with Crippen LogP contribution in [0.2, 0.25) is 0 Å². The highest BCUT2D eigenvalue weighted by molar-refractivity contribution is 6.09. The van der Waals surface area contributed by atoms with Gasteiger partial charge < -0.3 is 10.6 Å². The molecule has 3 rings (SSSR count). The topological polar surface area (TPSA) is 78.5 Å². The molecular weight excluding hydrogens is 325 g/mol. The van der Waals surface area contributed by atoms with E-state index in [0.29, 0.717) is 6.42 Å². The summed E-state index contributed by atoms with van der Waals surface area (Å²) >= 11 is 0. The van der Waals surface area contributed by atoms with Gasteiger partial charge in [-0.25, -0.2) is 9.18 Å². The van der Waals surface area contributed by atoms with Crippen molar-refractivity contribution in [2.45, 2.75) is 44.7 Å². The Bertz CT molecular complexity index is 691. The maximum atomic E-state index is 12.9. The van der Waals surface area contributed by atoms with Gasteiger partial charge in [-0.1, -0.05) is 31.9 Å². The number of imide groups is 1. The first-order valence-electron chi connectivity index (χ1n) is 8.57. The molecule has 0 radical (unpaired) electrons. The predicted octanol–water partition coefficient (Wildman–Crippen LogP) is 1.94. The van der Waals surface area contributed by atoms with Crippen molar-refractivity contribution in [3.8, 4) is 0 Å². The minimum Gasteiger partial charge on any atom is -0.350 e. The zero-order chi connectivity index (χ0) is 18.0. The summed E-state index contributed by atoms with van der Waals surface area (Å²) in [5.41, 5.74) is -0.114. The van der Waals surface area contributed by atoms with Crippen molar-refractivity contribution < 1.29 is 18.8 Å². The molecule has 1 aliphatic heterocycles.